The van der Waals surface area contributed by atoms with Crippen LogP contribution in [-0.4, -0.2) is 21.6 Å². The molecule has 2 N–H and O–H groups in total. The van der Waals surface area contributed by atoms with E-state index < -0.39 is 11.5 Å². The van der Waals surface area contributed by atoms with Crippen LogP contribution in [0, 0.1) is 5.82 Å². The van der Waals surface area contributed by atoms with Crippen molar-refractivity contribution >= 4 is 22.4 Å². The number of aliphatic carboxylic acids is 1. The van der Waals surface area contributed by atoms with Gasteiger partial charge in [0, 0.05) is 29.9 Å². The standard InChI is InChI=1S/C20H19FN2O2/c1-20(2,19(24)25)23-18-9-10-22-12-14(18)11-13-7-8-17(21)16-6-4-3-5-15(13)16/h3-10,12H,11H2,1-2H3,(H,22,23)(H,24,25). The van der Waals surface area contributed by atoms with Crippen molar-refractivity contribution in [3.8, 4) is 0 Å². The molecule has 0 spiro atoms. The Morgan fingerprint density at radius 3 is 2.56 bits per heavy atom. The van der Waals surface area contributed by atoms with Gasteiger partial charge in [0.25, 0.3) is 0 Å². The molecule has 0 aliphatic rings. The molecule has 1 aromatic heterocycles. The highest BCUT2D eigenvalue weighted by Crippen LogP contribution is 2.27. The fourth-order valence-corrected chi connectivity index (χ4v) is 2.76. The maximum absolute atomic E-state index is 14.0. The second-order valence-corrected chi connectivity index (χ2v) is 6.52. The Kier molecular flexibility index (Phi) is 4.40. The fraction of sp³-hybridized carbons (Fsp3) is 0.200. The third-order valence-electron chi connectivity index (χ3n) is 4.23. The molecule has 5 heteroatoms. The number of aromatic nitrogens is 1. The molecule has 0 unspecified atom stereocenters. The van der Waals surface area contributed by atoms with Crippen LogP contribution in [0.4, 0.5) is 10.1 Å². The number of carbonyl (C=O) groups is 1. The molecule has 25 heavy (non-hydrogen) atoms. The van der Waals surface area contributed by atoms with Crippen molar-refractivity contribution in [3.05, 3.63) is 71.8 Å². The number of anilines is 1. The number of hydrogen-bond donors (Lipinski definition) is 2. The van der Waals surface area contributed by atoms with Crippen molar-refractivity contribution in [2.24, 2.45) is 0 Å². The van der Waals surface area contributed by atoms with Crippen LogP contribution in [0.2, 0.25) is 0 Å². The average Bonchev–Trinajstić information content (AvgIpc) is 2.59. The van der Waals surface area contributed by atoms with Crippen LogP contribution in [0.3, 0.4) is 0 Å². The number of rotatable bonds is 5. The van der Waals surface area contributed by atoms with E-state index in [1.165, 1.54) is 6.07 Å². The van der Waals surface area contributed by atoms with E-state index in [9.17, 15) is 14.3 Å². The number of nitrogens with one attached hydrogen (secondary N) is 1. The predicted octanol–water partition coefficient (Wildman–Crippen LogP) is 4.24. The second-order valence-electron chi connectivity index (χ2n) is 6.52. The Hall–Kier alpha value is -2.95. The van der Waals surface area contributed by atoms with Gasteiger partial charge in [-0.05, 0) is 42.5 Å². The van der Waals surface area contributed by atoms with Crippen molar-refractivity contribution in [2.45, 2.75) is 25.8 Å². The van der Waals surface area contributed by atoms with Crippen LogP contribution in [0.25, 0.3) is 10.8 Å². The molecule has 4 nitrogen and oxygen atoms in total. The molecule has 0 saturated carbocycles. The summed E-state index contributed by atoms with van der Waals surface area (Å²) in [6.07, 6.45) is 3.84. The SMILES string of the molecule is CC(C)(Nc1ccncc1Cc1ccc(F)c2ccccc12)C(=O)O. The molecular weight excluding hydrogens is 319 g/mol. The summed E-state index contributed by atoms with van der Waals surface area (Å²) in [5.41, 5.74) is 1.41. The molecule has 3 rings (SSSR count). The molecule has 0 atom stereocenters. The summed E-state index contributed by atoms with van der Waals surface area (Å²) in [4.78, 5) is 15.5. The van der Waals surface area contributed by atoms with Crippen molar-refractivity contribution in [1.29, 1.82) is 0 Å². The van der Waals surface area contributed by atoms with Crippen LogP contribution in [0.15, 0.2) is 54.9 Å². The Labute approximate surface area is 145 Å². The third kappa shape index (κ3) is 3.45. The Morgan fingerprint density at radius 1 is 1.12 bits per heavy atom. The largest absolute Gasteiger partial charge is 0.480 e. The quantitative estimate of drug-likeness (QED) is 0.730. The van der Waals surface area contributed by atoms with E-state index in [0.29, 0.717) is 17.5 Å². The molecule has 1 heterocycles. The number of carboxylic acid groups (broad SMARTS) is 1. The molecule has 0 amide bonds. The second kappa shape index (κ2) is 6.51. The lowest BCUT2D eigenvalue weighted by atomic mass is 9.97. The number of carboxylic acids is 1. The lowest BCUT2D eigenvalue weighted by Gasteiger charge is -2.24. The Balaban J connectivity index is 2.00. The minimum Gasteiger partial charge on any atom is -0.480 e. The Bertz CT molecular complexity index is 938. The summed E-state index contributed by atoms with van der Waals surface area (Å²) < 4.78 is 14.0. The van der Waals surface area contributed by atoms with Crippen molar-refractivity contribution < 1.29 is 14.3 Å². The number of fused-ring (bicyclic) bond motifs is 1. The zero-order valence-electron chi connectivity index (χ0n) is 14.1. The van der Waals surface area contributed by atoms with E-state index >= 15 is 0 Å². The van der Waals surface area contributed by atoms with Gasteiger partial charge in [0.15, 0.2) is 0 Å². The smallest absolute Gasteiger partial charge is 0.328 e. The van der Waals surface area contributed by atoms with Gasteiger partial charge in [-0.1, -0.05) is 30.3 Å². The van der Waals surface area contributed by atoms with Crippen LogP contribution in [-0.2, 0) is 11.2 Å². The van der Waals surface area contributed by atoms with Crippen molar-refractivity contribution in [3.63, 3.8) is 0 Å². The third-order valence-corrected chi connectivity index (χ3v) is 4.23. The first kappa shape index (κ1) is 16.9. The summed E-state index contributed by atoms with van der Waals surface area (Å²) in [6, 6.07) is 12.3. The van der Waals surface area contributed by atoms with Gasteiger partial charge in [0.05, 0.1) is 0 Å². The van der Waals surface area contributed by atoms with Gasteiger partial charge in [-0.25, -0.2) is 9.18 Å². The summed E-state index contributed by atoms with van der Waals surface area (Å²) >= 11 is 0. The lowest BCUT2D eigenvalue weighted by molar-refractivity contribution is -0.141. The van der Waals surface area contributed by atoms with E-state index in [0.717, 1.165) is 16.5 Å². The van der Waals surface area contributed by atoms with Gasteiger partial charge < -0.3 is 10.4 Å². The summed E-state index contributed by atoms with van der Waals surface area (Å²) in [6.45, 7) is 3.21. The van der Waals surface area contributed by atoms with Crippen LogP contribution >= 0.6 is 0 Å². The van der Waals surface area contributed by atoms with E-state index in [4.69, 9.17) is 0 Å². The van der Waals surface area contributed by atoms with E-state index in [-0.39, 0.29) is 5.82 Å². The Morgan fingerprint density at radius 2 is 1.84 bits per heavy atom. The van der Waals surface area contributed by atoms with Crippen LogP contribution < -0.4 is 5.32 Å². The van der Waals surface area contributed by atoms with Gasteiger partial charge in [0.2, 0.25) is 0 Å². The van der Waals surface area contributed by atoms with Crippen LogP contribution in [0.1, 0.15) is 25.0 Å². The summed E-state index contributed by atoms with van der Waals surface area (Å²) in [5.74, 6) is -1.20. The highest BCUT2D eigenvalue weighted by atomic mass is 19.1. The maximum Gasteiger partial charge on any atom is 0.328 e. The molecule has 2 aromatic carbocycles. The van der Waals surface area contributed by atoms with E-state index in [1.54, 1.807) is 44.4 Å². The molecule has 0 bridgehead atoms. The maximum atomic E-state index is 14.0. The molecule has 3 aromatic rings. The fourth-order valence-electron chi connectivity index (χ4n) is 2.76. The first-order valence-corrected chi connectivity index (χ1v) is 7.99. The van der Waals surface area contributed by atoms with Gasteiger partial charge in [-0.2, -0.15) is 0 Å². The molecule has 0 aliphatic carbocycles. The zero-order valence-corrected chi connectivity index (χ0v) is 14.1. The first-order chi connectivity index (χ1) is 11.9. The van der Waals surface area contributed by atoms with Gasteiger partial charge >= 0.3 is 5.97 Å². The monoisotopic (exact) mass is 338 g/mol. The highest BCUT2D eigenvalue weighted by molar-refractivity contribution is 5.87. The molecule has 0 radical (unpaired) electrons. The predicted molar refractivity (Wildman–Crippen MR) is 96.3 cm³/mol. The molecule has 128 valence electrons. The lowest BCUT2D eigenvalue weighted by Crippen LogP contribution is -2.40. The number of nitrogens with zero attached hydrogens (tertiary/aromatic N) is 1. The number of halogens is 1. The van der Waals surface area contributed by atoms with Gasteiger partial charge in [-0.15, -0.1) is 0 Å². The topological polar surface area (TPSA) is 62.2 Å². The van der Waals surface area contributed by atoms with E-state index in [2.05, 4.69) is 10.3 Å². The molecular formula is C20H19FN2O2. The van der Waals surface area contributed by atoms with Crippen molar-refractivity contribution in [2.75, 3.05) is 5.32 Å². The molecule has 0 fully saturated rings. The zero-order chi connectivity index (χ0) is 18.0. The highest BCUT2D eigenvalue weighted by Gasteiger charge is 2.27. The minimum absolute atomic E-state index is 0.254. The summed E-state index contributed by atoms with van der Waals surface area (Å²) in [7, 11) is 0. The van der Waals surface area contributed by atoms with Gasteiger partial charge in [-0.3, -0.25) is 4.98 Å². The first-order valence-electron chi connectivity index (χ1n) is 7.99. The molecule has 0 aliphatic heterocycles. The minimum atomic E-state index is -1.11. The number of benzene rings is 2. The summed E-state index contributed by atoms with van der Waals surface area (Å²) in [5, 5.41) is 13.8. The number of hydrogen-bond acceptors (Lipinski definition) is 3. The normalized spacial score (nSPS) is 11.5. The average molecular weight is 338 g/mol. The van der Waals surface area contributed by atoms with Crippen molar-refractivity contribution in [1.82, 2.24) is 4.98 Å². The number of pyridine rings is 1. The molecule has 0 saturated heterocycles. The van der Waals surface area contributed by atoms with Crippen LogP contribution in [0.5, 0.6) is 0 Å². The van der Waals surface area contributed by atoms with E-state index in [1.807, 2.05) is 18.2 Å². The van der Waals surface area contributed by atoms with Gasteiger partial charge in [0.1, 0.15) is 11.4 Å².